The van der Waals surface area contributed by atoms with Crippen molar-refractivity contribution in [2.45, 2.75) is 122 Å². The highest BCUT2D eigenvalue weighted by Gasteiger charge is 2.30. The van der Waals surface area contributed by atoms with Crippen LogP contribution in [0.4, 0.5) is 0 Å². The third-order valence-electron chi connectivity index (χ3n) is 5.32. The molecule has 0 aliphatic carbocycles. The first-order chi connectivity index (χ1) is 13.6. The standard InChI is InChI=1S/C22H50N2O3Si.ClH/c1-2-3-4-5-6-7-8-9-10-11-12-13-14-15-16-17-20-24-22-27-28(25,26)21-18-19-23;/h24-26H,2-23H2,1H3;1H. The summed E-state index contributed by atoms with van der Waals surface area (Å²) in [5, 5.41) is 3.13. The SMILES string of the molecule is CCCCCCCCCCCCCCCCCCNCO[Si](O)(O)CCCN.Cl. The Balaban J connectivity index is 0. The number of halogens is 1. The van der Waals surface area contributed by atoms with Gasteiger partial charge >= 0.3 is 8.80 Å². The Kier molecular flexibility index (Phi) is 26.7. The van der Waals surface area contributed by atoms with Crippen molar-refractivity contribution < 1.29 is 14.0 Å². The number of rotatable bonds is 23. The molecule has 0 saturated carbocycles. The van der Waals surface area contributed by atoms with Crippen LogP contribution in [-0.4, -0.2) is 38.2 Å². The fourth-order valence-electron chi connectivity index (χ4n) is 3.44. The summed E-state index contributed by atoms with van der Waals surface area (Å²) in [7, 11) is -3.48. The fraction of sp³-hybridized carbons (Fsp3) is 1.00. The highest BCUT2D eigenvalue weighted by molar-refractivity contribution is 6.57. The van der Waals surface area contributed by atoms with Gasteiger partial charge in [-0.2, -0.15) is 0 Å². The molecule has 0 aliphatic heterocycles. The van der Waals surface area contributed by atoms with Gasteiger partial charge in [-0.1, -0.05) is 103 Å². The molecule has 0 radical (unpaired) electrons. The molecule has 5 nitrogen and oxygen atoms in total. The van der Waals surface area contributed by atoms with E-state index >= 15 is 0 Å². The van der Waals surface area contributed by atoms with Gasteiger partial charge in [-0.05, 0) is 25.9 Å². The lowest BCUT2D eigenvalue weighted by atomic mass is 10.0. The maximum absolute atomic E-state index is 9.67. The smallest absolute Gasteiger partial charge is 0.390 e. The minimum atomic E-state index is -3.48. The monoisotopic (exact) mass is 454 g/mol. The predicted octanol–water partition coefficient (Wildman–Crippen LogP) is 5.51. The van der Waals surface area contributed by atoms with E-state index in [1.54, 1.807) is 0 Å². The van der Waals surface area contributed by atoms with Crippen molar-refractivity contribution in [1.82, 2.24) is 5.32 Å². The molecule has 0 aromatic heterocycles. The Bertz CT molecular complexity index is 314. The third kappa shape index (κ3) is 26.3. The van der Waals surface area contributed by atoms with Crippen LogP contribution in [0, 0.1) is 0 Å². The summed E-state index contributed by atoms with van der Waals surface area (Å²) in [6.07, 6.45) is 22.6. The number of nitrogens with one attached hydrogen (secondary N) is 1. The van der Waals surface area contributed by atoms with Crippen LogP contribution < -0.4 is 11.1 Å². The van der Waals surface area contributed by atoms with Crippen molar-refractivity contribution in [3.05, 3.63) is 0 Å². The number of hydrogen-bond acceptors (Lipinski definition) is 5. The van der Waals surface area contributed by atoms with Gasteiger partial charge in [-0.25, -0.2) is 0 Å². The molecule has 0 aromatic carbocycles. The molecule has 178 valence electrons. The molecule has 0 rings (SSSR count). The zero-order valence-corrected chi connectivity index (χ0v) is 21.0. The molecular weight excluding hydrogens is 404 g/mol. The molecule has 0 aromatic rings. The number of nitrogens with two attached hydrogens (primary N) is 1. The van der Waals surface area contributed by atoms with Crippen LogP contribution in [0.25, 0.3) is 0 Å². The Hall–Kier alpha value is 0.307. The van der Waals surface area contributed by atoms with Crippen molar-refractivity contribution in [1.29, 1.82) is 0 Å². The van der Waals surface area contributed by atoms with Crippen LogP contribution in [0.5, 0.6) is 0 Å². The summed E-state index contributed by atoms with van der Waals surface area (Å²) >= 11 is 0. The second-order valence-electron chi connectivity index (χ2n) is 8.23. The molecule has 0 fully saturated rings. The minimum Gasteiger partial charge on any atom is -0.390 e. The molecular formula is C22H51ClN2O3Si. The van der Waals surface area contributed by atoms with Crippen LogP contribution >= 0.6 is 12.4 Å². The van der Waals surface area contributed by atoms with Gasteiger partial charge in [0.25, 0.3) is 0 Å². The summed E-state index contributed by atoms with van der Waals surface area (Å²) < 4.78 is 5.14. The van der Waals surface area contributed by atoms with Crippen molar-refractivity contribution in [2.24, 2.45) is 5.73 Å². The van der Waals surface area contributed by atoms with Crippen LogP contribution in [0.15, 0.2) is 0 Å². The van der Waals surface area contributed by atoms with E-state index in [4.69, 9.17) is 10.2 Å². The lowest BCUT2D eigenvalue weighted by Crippen LogP contribution is -2.42. The molecule has 0 saturated heterocycles. The van der Waals surface area contributed by atoms with E-state index < -0.39 is 8.80 Å². The summed E-state index contributed by atoms with van der Waals surface area (Å²) in [5.41, 5.74) is 5.37. The highest BCUT2D eigenvalue weighted by atomic mass is 35.5. The van der Waals surface area contributed by atoms with E-state index in [0.717, 1.165) is 13.0 Å². The van der Waals surface area contributed by atoms with Gasteiger partial charge < -0.3 is 19.8 Å². The normalized spacial score (nSPS) is 11.6. The Morgan fingerprint density at radius 1 is 0.690 bits per heavy atom. The van der Waals surface area contributed by atoms with E-state index in [1.165, 1.54) is 96.3 Å². The van der Waals surface area contributed by atoms with Gasteiger partial charge in [0.2, 0.25) is 0 Å². The van der Waals surface area contributed by atoms with E-state index in [1.807, 2.05) is 0 Å². The number of unbranched alkanes of at least 4 members (excludes halogenated alkanes) is 15. The first-order valence-electron chi connectivity index (χ1n) is 12.1. The lowest BCUT2D eigenvalue weighted by Gasteiger charge is -2.17. The van der Waals surface area contributed by atoms with Crippen LogP contribution in [0.3, 0.4) is 0 Å². The maximum Gasteiger partial charge on any atom is 0.496 e. The average Bonchev–Trinajstić information content (AvgIpc) is 2.68. The lowest BCUT2D eigenvalue weighted by molar-refractivity contribution is 0.134. The number of hydrogen-bond donors (Lipinski definition) is 4. The molecule has 0 heterocycles. The Morgan fingerprint density at radius 3 is 1.52 bits per heavy atom. The summed E-state index contributed by atoms with van der Waals surface area (Å²) in [6, 6.07) is 0.282. The largest absolute Gasteiger partial charge is 0.496 e. The van der Waals surface area contributed by atoms with E-state index in [2.05, 4.69) is 12.2 Å². The molecule has 0 spiro atoms. The van der Waals surface area contributed by atoms with E-state index in [0.29, 0.717) is 13.0 Å². The predicted molar refractivity (Wildman–Crippen MR) is 129 cm³/mol. The molecule has 0 atom stereocenters. The van der Waals surface area contributed by atoms with Crippen molar-refractivity contribution in [2.75, 3.05) is 19.8 Å². The molecule has 5 N–H and O–H groups in total. The van der Waals surface area contributed by atoms with Gasteiger partial charge in [0.05, 0.1) is 6.73 Å². The summed E-state index contributed by atoms with van der Waals surface area (Å²) in [4.78, 5) is 19.3. The summed E-state index contributed by atoms with van der Waals surface area (Å²) in [6.45, 7) is 3.84. The average molecular weight is 455 g/mol. The zero-order valence-electron chi connectivity index (χ0n) is 19.1. The van der Waals surface area contributed by atoms with Crippen LogP contribution in [-0.2, 0) is 4.43 Å². The van der Waals surface area contributed by atoms with Crippen LogP contribution in [0.2, 0.25) is 6.04 Å². The van der Waals surface area contributed by atoms with Gasteiger partial charge in [-0.15, -0.1) is 12.4 Å². The first-order valence-corrected chi connectivity index (χ1v) is 14.1. The van der Waals surface area contributed by atoms with Crippen molar-refractivity contribution in [3.63, 3.8) is 0 Å². The molecule has 0 unspecified atom stereocenters. The van der Waals surface area contributed by atoms with Crippen molar-refractivity contribution in [3.8, 4) is 0 Å². The second-order valence-corrected chi connectivity index (χ2v) is 10.5. The third-order valence-corrected chi connectivity index (χ3v) is 6.93. The van der Waals surface area contributed by atoms with E-state index in [-0.39, 0.29) is 25.2 Å². The Labute approximate surface area is 188 Å². The van der Waals surface area contributed by atoms with Crippen LogP contribution in [0.1, 0.15) is 116 Å². The summed E-state index contributed by atoms with van der Waals surface area (Å²) in [5.74, 6) is 0. The quantitative estimate of drug-likeness (QED) is 0.0928. The van der Waals surface area contributed by atoms with Gasteiger partial charge in [0.1, 0.15) is 0 Å². The molecule has 7 heteroatoms. The Morgan fingerprint density at radius 2 is 1.10 bits per heavy atom. The fourth-order valence-corrected chi connectivity index (χ4v) is 4.58. The molecule has 29 heavy (non-hydrogen) atoms. The zero-order chi connectivity index (χ0) is 20.8. The molecule has 0 bridgehead atoms. The maximum atomic E-state index is 9.67. The molecule has 0 amide bonds. The minimum absolute atomic E-state index is 0. The topological polar surface area (TPSA) is 87.7 Å². The molecule has 0 aliphatic rings. The van der Waals surface area contributed by atoms with Gasteiger partial charge in [0, 0.05) is 6.04 Å². The van der Waals surface area contributed by atoms with Gasteiger partial charge in [-0.3, -0.25) is 5.32 Å². The second kappa shape index (κ2) is 24.6. The van der Waals surface area contributed by atoms with Gasteiger partial charge in [0.15, 0.2) is 0 Å². The van der Waals surface area contributed by atoms with Crippen molar-refractivity contribution >= 4 is 21.2 Å². The highest BCUT2D eigenvalue weighted by Crippen LogP contribution is 2.13. The van der Waals surface area contributed by atoms with E-state index in [9.17, 15) is 9.59 Å². The first kappa shape index (κ1) is 31.5.